The van der Waals surface area contributed by atoms with Gasteiger partial charge in [0.1, 0.15) is 0 Å². The lowest BCUT2D eigenvalue weighted by Gasteiger charge is -2.29. The highest BCUT2D eigenvalue weighted by Gasteiger charge is 2.33. The van der Waals surface area contributed by atoms with Gasteiger partial charge in [-0.3, -0.25) is 19.2 Å². The summed E-state index contributed by atoms with van der Waals surface area (Å²) in [6.45, 7) is 5.78. The molecule has 0 spiro atoms. The van der Waals surface area contributed by atoms with Crippen LogP contribution in [0, 0.1) is 12.8 Å². The second-order valence-electron chi connectivity index (χ2n) is 6.49. The summed E-state index contributed by atoms with van der Waals surface area (Å²) in [5.41, 5.74) is 1.97. The lowest BCUT2D eigenvalue weighted by atomic mass is 10.1. The van der Waals surface area contributed by atoms with Gasteiger partial charge in [0.05, 0.1) is 31.4 Å². The highest BCUT2D eigenvalue weighted by Crippen LogP contribution is 2.19. The molecule has 8 heteroatoms. The first kappa shape index (κ1) is 18.4. The highest BCUT2D eigenvalue weighted by atomic mass is 16.5. The second kappa shape index (κ2) is 8.25. The van der Waals surface area contributed by atoms with Crippen LogP contribution >= 0.6 is 0 Å². The third-order valence-electron chi connectivity index (χ3n) is 4.55. The Hall–Kier alpha value is -1.93. The first-order chi connectivity index (χ1) is 11.4. The first-order valence-corrected chi connectivity index (χ1v) is 8.07. The lowest BCUT2D eigenvalue weighted by Crippen LogP contribution is -2.45. The highest BCUT2D eigenvalue weighted by molar-refractivity contribution is 5.79. The van der Waals surface area contributed by atoms with Crippen molar-refractivity contribution in [3.63, 3.8) is 0 Å². The predicted octanol–water partition coefficient (Wildman–Crippen LogP) is -0.239. The molecule has 3 heterocycles. The van der Waals surface area contributed by atoms with Gasteiger partial charge in [0.25, 0.3) is 6.47 Å². The number of likely N-dealkylation sites (N-methyl/N-ethyl adjacent to an activating group) is 1. The van der Waals surface area contributed by atoms with Crippen molar-refractivity contribution in [1.29, 1.82) is 0 Å². The van der Waals surface area contributed by atoms with Gasteiger partial charge in [0.2, 0.25) is 5.91 Å². The number of carbonyl (C=O) groups is 2. The van der Waals surface area contributed by atoms with Crippen LogP contribution in [0.15, 0.2) is 6.20 Å². The molecule has 2 aliphatic rings. The minimum Gasteiger partial charge on any atom is -0.483 e. The zero-order valence-electron chi connectivity index (χ0n) is 14.5. The molecule has 2 atom stereocenters. The molecule has 2 bridgehead atoms. The van der Waals surface area contributed by atoms with E-state index in [2.05, 4.69) is 17.0 Å². The molecule has 8 nitrogen and oxygen atoms in total. The van der Waals surface area contributed by atoms with Gasteiger partial charge in [-0.05, 0) is 14.0 Å². The molecular formula is C16H26N4O4. The molecule has 1 aromatic heterocycles. The van der Waals surface area contributed by atoms with Crippen molar-refractivity contribution in [2.45, 2.75) is 19.4 Å². The number of ether oxygens (including phenoxy) is 1. The zero-order chi connectivity index (χ0) is 17.7. The molecule has 0 radical (unpaired) electrons. The SMILES string of the molecule is Cc1nn(C)cc1CC(=O)N1C[C@@H]2COC[C@H](C1)N(C)C2.O=CO. The number of carboxylic acid groups (broad SMARTS) is 1. The van der Waals surface area contributed by atoms with Crippen LogP contribution in [0.1, 0.15) is 11.3 Å². The number of nitrogens with zero attached hydrogens (tertiary/aromatic N) is 4. The standard InChI is InChI=1S/C15H24N4O2.CH2O2/c1-11-13(7-18(3)16-11)4-15(20)19-6-12-5-17(2)14(8-19)10-21-9-12;2-1-3/h7,12,14H,4-6,8-10H2,1-3H3;1H,(H,2,3)/t12-,14+;/m1./s1. The molecule has 1 N–H and O–H groups in total. The van der Waals surface area contributed by atoms with E-state index >= 15 is 0 Å². The largest absolute Gasteiger partial charge is 0.483 e. The molecule has 1 amide bonds. The molecule has 134 valence electrons. The minimum absolute atomic E-state index is 0.207. The molecule has 24 heavy (non-hydrogen) atoms. The van der Waals surface area contributed by atoms with Crippen molar-refractivity contribution in [2.75, 3.05) is 39.9 Å². The van der Waals surface area contributed by atoms with Gasteiger partial charge in [0, 0.05) is 44.4 Å². The maximum Gasteiger partial charge on any atom is 0.290 e. The number of rotatable bonds is 2. The Labute approximate surface area is 142 Å². The summed E-state index contributed by atoms with van der Waals surface area (Å²) < 4.78 is 7.48. The molecular weight excluding hydrogens is 312 g/mol. The van der Waals surface area contributed by atoms with Gasteiger partial charge in [-0.2, -0.15) is 5.10 Å². The average Bonchev–Trinajstić information content (AvgIpc) is 2.64. The van der Waals surface area contributed by atoms with Crippen LogP contribution in [0.2, 0.25) is 0 Å². The van der Waals surface area contributed by atoms with Crippen molar-refractivity contribution in [1.82, 2.24) is 19.6 Å². The Morgan fingerprint density at radius 3 is 2.71 bits per heavy atom. The van der Waals surface area contributed by atoms with Gasteiger partial charge in [-0.1, -0.05) is 0 Å². The first-order valence-electron chi connectivity index (χ1n) is 8.07. The van der Waals surface area contributed by atoms with Gasteiger partial charge in [-0.15, -0.1) is 0 Å². The molecule has 2 saturated heterocycles. The van der Waals surface area contributed by atoms with Gasteiger partial charge >= 0.3 is 0 Å². The lowest BCUT2D eigenvalue weighted by molar-refractivity contribution is -0.132. The number of aromatic nitrogens is 2. The molecule has 0 aliphatic carbocycles. The third-order valence-corrected chi connectivity index (χ3v) is 4.55. The summed E-state index contributed by atoms with van der Waals surface area (Å²) >= 11 is 0. The summed E-state index contributed by atoms with van der Waals surface area (Å²) in [6, 6.07) is 0.316. The maximum absolute atomic E-state index is 12.6. The fraction of sp³-hybridized carbons (Fsp3) is 0.688. The number of fused-ring (bicyclic) bond motifs is 3. The van der Waals surface area contributed by atoms with Crippen molar-refractivity contribution < 1.29 is 19.4 Å². The fourth-order valence-electron chi connectivity index (χ4n) is 3.35. The average molecular weight is 338 g/mol. The number of hydrogen-bond donors (Lipinski definition) is 1. The summed E-state index contributed by atoms with van der Waals surface area (Å²) in [6.07, 6.45) is 2.39. The Balaban J connectivity index is 0.000000647. The van der Waals surface area contributed by atoms with Gasteiger partial charge in [-0.25, -0.2) is 0 Å². The van der Waals surface area contributed by atoms with E-state index in [1.807, 2.05) is 25.1 Å². The molecule has 0 aromatic carbocycles. The van der Waals surface area contributed by atoms with Crippen molar-refractivity contribution in [3.05, 3.63) is 17.5 Å². The predicted molar refractivity (Wildman–Crippen MR) is 87.6 cm³/mol. The van der Waals surface area contributed by atoms with Crippen LogP contribution in [-0.4, -0.2) is 83.0 Å². The molecule has 2 aliphatic heterocycles. The quantitative estimate of drug-likeness (QED) is 0.749. The van der Waals surface area contributed by atoms with Crippen LogP contribution in [0.25, 0.3) is 0 Å². The van der Waals surface area contributed by atoms with E-state index in [4.69, 9.17) is 14.6 Å². The summed E-state index contributed by atoms with van der Waals surface area (Å²) in [4.78, 5) is 25.4. The monoisotopic (exact) mass is 338 g/mol. The van der Waals surface area contributed by atoms with Crippen molar-refractivity contribution in [2.24, 2.45) is 13.0 Å². The Morgan fingerprint density at radius 2 is 2.08 bits per heavy atom. The van der Waals surface area contributed by atoms with E-state index in [0.717, 1.165) is 44.1 Å². The molecule has 3 rings (SSSR count). The maximum atomic E-state index is 12.6. The summed E-state index contributed by atoms with van der Waals surface area (Å²) in [5.74, 6) is 0.625. The number of amides is 1. The van der Waals surface area contributed by atoms with Crippen LogP contribution in [0.5, 0.6) is 0 Å². The normalized spacial score (nSPS) is 23.9. The molecule has 0 unspecified atom stereocenters. The summed E-state index contributed by atoms with van der Waals surface area (Å²) in [7, 11) is 4.02. The van der Waals surface area contributed by atoms with E-state index in [1.165, 1.54) is 0 Å². The van der Waals surface area contributed by atoms with Crippen LogP contribution < -0.4 is 0 Å². The topological polar surface area (TPSA) is 87.9 Å². The minimum atomic E-state index is -0.250. The van der Waals surface area contributed by atoms with E-state index in [9.17, 15) is 4.79 Å². The summed E-state index contributed by atoms with van der Waals surface area (Å²) in [5, 5.41) is 11.2. The van der Waals surface area contributed by atoms with Crippen LogP contribution in [0.4, 0.5) is 0 Å². The molecule has 2 fully saturated rings. The Morgan fingerprint density at radius 1 is 1.38 bits per heavy atom. The van der Waals surface area contributed by atoms with E-state index in [-0.39, 0.29) is 12.4 Å². The van der Waals surface area contributed by atoms with Gasteiger partial charge in [0.15, 0.2) is 0 Å². The van der Waals surface area contributed by atoms with E-state index in [0.29, 0.717) is 18.4 Å². The number of aryl methyl sites for hydroxylation is 2. The third kappa shape index (κ3) is 4.55. The second-order valence-corrected chi connectivity index (χ2v) is 6.49. The molecule has 0 saturated carbocycles. The van der Waals surface area contributed by atoms with Crippen molar-refractivity contribution >= 4 is 12.4 Å². The van der Waals surface area contributed by atoms with Gasteiger partial charge < -0.3 is 14.7 Å². The zero-order valence-corrected chi connectivity index (χ0v) is 14.5. The fourth-order valence-corrected chi connectivity index (χ4v) is 3.35. The number of carbonyl (C=O) groups excluding carboxylic acids is 1. The van der Waals surface area contributed by atoms with Crippen molar-refractivity contribution in [3.8, 4) is 0 Å². The Bertz CT molecular complexity index is 574. The molecule has 1 aromatic rings. The van der Waals surface area contributed by atoms with Crippen LogP contribution in [0.3, 0.4) is 0 Å². The number of hydrogen-bond acceptors (Lipinski definition) is 5. The van der Waals surface area contributed by atoms with Crippen LogP contribution in [-0.2, 0) is 27.8 Å². The van der Waals surface area contributed by atoms with E-state index < -0.39 is 0 Å². The Kier molecular flexibility index (Phi) is 6.33. The van der Waals surface area contributed by atoms with E-state index in [1.54, 1.807) is 4.68 Å². The smallest absolute Gasteiger partial charge is 0.290 e.